The van der Waals surface area contributed by atoms with Gasteiger partial charge in [0.2, 0.25) is 5.89 Å². The lowest BCUT2D eigenvalue weighted by atomic mass is 10.2. The lowest BCUT2D eigenvalue weighted by Gasteiger charge is -2.01. The molecule has 2 heterocycles. The van der Waals surface area contributed by atoms with Crippen molar-refractivity contribution in [2.75, 3.05) is 0 Å². The zero-order valence-electron chi connectivity index (χ0n) is 12.9. The van der Waals surface area contributed by atoms with Gasteiger partial charge in [-0.3, -0.25) is 4.79 Å². The molecule has 1 aromatic carbocycles. The van der Waals surface area contributed by atoms with Gasteiger partial charge >= 0.3 is 6.43 Å². The highest BCUT2D eigenvalue weighted by Crippen LogP contribution is 2.22. The van der Waals surface area contributed by atoms with Crippen LogP contribution in [0, 0.1) is 17.7 Å². The van der Waals surface area contributed by atoms with Gasteiger partial charge in [-0.15, -0.1) is 10.2 Å². The average molecular weight is 380 g/mol. The molecular weight excluding hydrogens is 371 g/mol. The highest BCUT2D eigenvalue weighted by molar-refractivity contribution is 6.30. The Balaban J connectivity index is 1.78. The van der Waals surface area contributed by atoms with Crippen LogP contribution >= 0.6 is 11.6 Å². The summed E-state index contributed by atoms with van der Waals surface area (Å²) in [5.41, 5.74) is 0.159. The largest absolute Gasteiger partial charge is 0.415 e. The van der Waals surface area contributed by atoms with E-state index in [1.807, 2.05) is 0 Å². The summed E-state index contributed by atoms with van der Waals surface area (Å²) in [6.45, 7) is 0.0410. The topological polar surface area (TPSA) is 60.9 Å². The SMILES string of the molecule is O=c1cc(-c2nnc(C(F)F)o2)ccn1CC#Cc1cc(F)cc(Cl)c1. The maximum absolute atomic E-state index is 13.2. The number of aromatic nitrogens is 3. The molecule has 26 heavy (non-hydrogen) atoms. The van der Waals surface area contributed by atoms with E-state index in [0.29, 0.717) is 5.56 Å². The summed E-state index contributed by atoms with van der Waals surface area (Å²) >= 11 is 5.74. The molecule has 3 rings (SSSR count). The van der Waals surface area contributed by atoms with Crippen molar-refractivity contribution in [3.05, 3.63) is 69.2 Å². The van der Waals surface area contributed by atoms with E-state index in [9.17, 15) is 18.0 Å². The van der Waals surface area contributed by atoms with Crippen LogP contribution in [0.2, 0.25) is 5.02 Å². The zero-order chi connectivity index (χ0) is 18.7. The van der Waals surface area contributed by atoms with Gasteiger partial charge in [0.05, 0.1) is 6.54 Å². The van der Waals surface area contributed by atoms with Crippen LogP contribution in [0.15, 0.2) is 45.7 Å². The van der Waals surface area contributed by atoms with Gasteiger partial charge in [-0.2, -0.15) is 8.78 Å². The molecule has 0 unspecified atom stereocenters. The van der Waals surface area contributed by atoms with Crippen molar-refractivity contribution in [3.63, 3.8) is 0 Å². The van der Waals surface area contributed by atoms with Crippen molar-refractivity contribution in [1.29, 1.82) is 0 Å². The number of hydrogen-bond acceptors (Lipinski definition) is 4. The fraction of sp³-hybridized carbons (Fsp3) is 0.118. The summed E-state index contributed by atoms with van der Waals surface area (Å²) in [5, 5.41) is 6.90. The van der Waals surface area contributed by atoms with Crippen LogP contribution in [0.1, 0.15) is 17.9 Å². The maximum Gasteiger partial charge on any atom is 0.314 e. The van der Waals surface area contributed by atoms with Gasteiger partial charge in [-0.1, -0.05) is 23.4 Å². The number of nitrogens with zero attached hydrogens (tertiary/aromatic N) is 3. The third kappa shape index (κ3) is 4.13. The van der Waals surface area contributed by atoms with Gasteiger partial charge < -0.3 is 8.98 Å². The minimum Gasteiger partial charge on any atom is -0.415 e. The molecule has 0 aliphatic rings. The van der Waals surface area contributed by atoms with Gasteiger partial charge in [0, 0.05) is 28.4 Å². The molecule has 0 amide bonds. The molecule has 9 heteroatoms. The number of pyridine rings is 1. The molecule has 132 valence electrons. The molecule has 0 aliphatic carbocycles. The van der Waals surface area contributed by atoms with E-state index in [2.05, 4.69) is 22.0 Å². The van der Waals surface area contributed by atoms with E-state index in [1.165, 1.54) is 35.0 Å². The second kappa shape index (κ2) is 7.45. The first-order valence-corrected chi connectivity index (χ1v) is 7.57. The molecule has 2 aromatic heterocycles. The molecule has 0 saturated carbocycles. The monoisotopic (exact) mass is 379 g/mol. The van der Waals surface area contributed by atoms with Gasteiger partial charge in [0.1, 0.15) is 5.82 Å². The second-order valence-electron chi connectivity index (χ2n) is 5.09. The molecule has 0 fully saturated rings. The molecule has 0 atom stereocenters. The summed E-state index contributed by atoms with van der Waals surface area (Å²) in [6.07, 6.45) is -1.47. The molecule has 5 nitrogen and oxygen atoms in total. The molecule has 0 radical (unpaired) electrons. The molecule has 0 spiro atoms. The highest BCUT2D eigenvalue weighted by atomic mass is 35.5. The van der Waals surface area contributed by atoms with E-state index in [1.54, 1.807) is 0 Å². The van der Waals surface area contributed by atoms with Crippen LogP contribution in [-0.4, -0.2) is 14.8 Å². The van der Waals surface area contributed by atoms with Crippen LogP contribution in [-0.2, 0) is 6.54 Å². The number of rotatable bonds is 3. The fourth-order valence-electron chi connectivity index (χ4n) is 2.06. The third-order valence-corrected chi connectivity index (χ3v) is 3.43. The Morgan fingerprint density at radius 1 is 1.23 bits per heavy atom. The van der Waals surface area contributed by atoms with Crippen molar-refractivity contribution in [2.45, 2.75) is 13.0 Å². The van der Waals surface area contributed by atoms with Crippen molar-refractivity contribution >= 4 is 11.6 Å². The highest BCUT2D eigenvalue weighted by Gasteiger charge is 2.17. The second-order valence-corrected chi connectivity index (χ2v) is 5.52. The Bertz CT molecular complexity index is 1050. The number of hydrogen-bond donors (Lipinski definition) is 0. The van der Waals surface area contributed by atoms with Gasteiger partial charge in [-0.25, -0.2) is 4.39 Å². The first kappa shape index (κ1) is 17.8. The van der Waals surface area contributed by atoms with E-state index in [-0.39, 0.29) is 23.0 Å². The predicted molar refractivity (Wildman–Crippen MR) is 87.2 cm³/mol. The number of benzene rings is 1. The molecule has 0 aliphatic heterocycles. The van der Waals surface area contributed by atoms with Gasteiger partial charge in [0.15, 0.2) is 0 Å². The molecular formula is C17H9ClF3N3O2. The number of halogens is 4. The van der Waals surface area contributed by atoms with Crippen molar-refractivity contribution < 1.29 is 17.6 Å². The van der Waals surface area contributed by atoms with Crippen LogP contribution in [0.5, 0.6) is 0 Å². The average Bonchev–Trinajstić information content (AvgIpc) is 3.06. The first-order chi connectivity index (χ1) is 12.4. The molecule has 0 saturated heterocycles. The molecule has 0 bridgehead atoms. The van der Waals surface area contributed by atoms with E-state index < -0.39 is 23.7 Å². The zero-order valence-corrected chi connectivity index (χ0v) is 13.7. The van der Waals surface area contributed by atoms with Crippen LogP contribution < -0.4 is 5.56 Å². The molecule has 0 N–H and O–H groups in total. The smallest absolute Gasteiger partial charge is 0.314 e. The summed E-state index contributed by atoms with van der Waals surface area (Å²) in [5.74, 6) is 3.93. The quantitative estimate of drug-likeness (QED) is 0.651. The minimum atomic E-state index is -2.89. The van der Waals surface area contributed by atoms with Crippen LogP contribution in [0.25, 0.3) is 11.5 Å². The third-order valence-electron chi connectivity index (χ3n) is 3.22. The summed E-state index contributed by atoms with van der Waals surface area (Å²) in [4.78, 5) is 12.1. The van der Waals surface area contributed by atoms with Crippen LogP contribution in [0.4, 0.5) is 13.2 Å². The Morgan fingerprint density at radius 3 is 2.69 bits per heavy atom. The number of alkyl halides is 2. The molecule has 3 aromatic rings. The lowest BCUT2D eigenvalue weighted by molar-refractivity contribution is 0.116. The summed E-state index contributed by atoms with van der Waals surface area (Å²) < 4.78 is 44.2. The maximum atomic E-state index is 13.2. The van der Waals surface area contributed by atoms with E-state index >= 15 is 0 Å². The van der Waals surface area contributed by atoms with E-state index in [4.69, 9.17) is 16.0 Å². The van der Waals surface area contributed by atoms with Crippen LogP contribution in [0.3, 0.4) is 0 Å². The summed E-state index contributed by atoms with van der Waals surface area (Å²) in [6, 6.07) is 6.52. The fourth-order valence-corrected chi connectivity index (χ4v) is 2.29. The van der Waals surface area contributed by atoms with E-state index in [0.717, 1.165) is 6.07 Å². The Hall–Kier alpha value is -3.05. The van der Waals surface area contributed by atoms with Crippen molar-refractivity contribution in [2.24, 2.45) is 0 Å². The van der Waals surface area contributed by atoms with Gasteiger partial charge in [-0.05, 0) is 24.3 Å². The first-order valence-electron chi connectivity index (χ1n) is 7.20. The van der Waals surface area contributed by atoms with Crippen molar-refractivity contribution in [1.82, 2.24) is 14.8 Å². The van der Waals surface area contributed by atoms with Gasteiger partial charge in [0.25, 0.3) is 11.4 Å². The predicted octanol–water partition coefficient (Wildman–Crippen LogP) is 3.68. The van der Waals surface area contributed by atoms with Crippen molar-refractivity contribution in [3.8, 4) is 23.3 Å². The lowest BCUT2D eigenvalue weighted by Crippen LogP contribution is -2.17. The minimum absolute atomic E-state index is 0.0410. The normalized spacial score (nSPS) is 10.7. The summed E-state index contributed by atoms with van der Waals surface area (Å²) in [7, 11) is 0. The Morgan fingerprint density at radius 2 is 2.04 bits per heavy atom. The standard InChI is InChI=1S/C17H9ClF3N3O2/c18-12-6-10(7-13(19)9-12)2-1-4-24-5-3-11(8-14(24)25)16-22-23-17(26-16)15(20)21/h3,5-9,15H,4H2. The Labute approximate surface area is 150 Å². The Kier molecular flexibility index (Phi) is 5.09.